The van der Waals surface area contributed by atoms with E-state index in [1.807, 2.05) is 0 Å². The molecule has 110 valence electrons. The predicted octanol–water partition coefficient (Wildman–Crippen LogP) is 2.19. The van der Waals surface area contributed by atoms with Gasteiger partial charge in [0, 0.05) is 24.3 Å². The molecule has 0 radical (unpaired) electrons. The molecule has 6 heteroatoms. The minimum atomic E-state index is -0.635. The van der Waals surface area contributed by atoms with Crippen molar-refractivity contribution < 1.29 is 9.59 Å². The first-order valence-electron chi connectivity index (χ1n) is 6.47. The van der Waals surface area contributed by atoms with Gasteiger partial charge in [0.2, 0.25) is 0 Å². The summed E-state index contributed by atoms with van der Waals surface area (Å²) in [7, 11) is 1.74. The summed E-state index contributed by atoms with van der Waals surface area (Å²) in [4.78, 5) is 24.2. The summed E-state index contributed by atoms with van der Waals surface area (Å²) in [5, 5.41) is 7.38. The van der Waals surface area contributed by atoms with Crippen molar-refractivity contribution in [1.29, 1.82) is 0 Å². The monoisotopic (exact) mass is 305 g/mol. The molecular formula is C15H16ClN3O2. The van der Waals surface area contributed by atoms with Crippen molar-refractivity contribution in [2.24, 2.45) is 7.05 Å². The highest BCUT2D eigenvalue weighted by molar-refractivity contribution is 6.43. The van der Waals surface area contributed by atoms with Crippen molar-refractivity contribution in [3.8, 4) is 0 Å². The summed E-state index contributed by atoms with van der Waals surface area (Å²) < 4.78 is 1.59. The van der Waals surface area contributed by atoms with Gasteiger partial charge in [0.05, 0.1) is 11.3 Å². The van der Waals surface area contributed by atoms with Crippen molar-refractivity contribution in [2.45, 2.75) is 20.4 Å². The standard InChI is InChI=1S/C15H16ClN3O2/c1-9-13(10(2)19(3)18-9)14(20)15(21)17-8-11-4-6-12(16)7-5-11/h4-7H,8H2,1-3H3,(H,17,21). The van der Waals surface area contributed by atoms with Gasteiger partial charge in [-0.15, -0.1) is 0 Å². The first kappa shape index (κ1) is 15.3. The first-order chi connectivity index (χ1) is 9.90. The molecule has 0 aliphatic rings. The number of aryl methyl sites for hydroxylation is 2. The van der Waals surface area contributed by atoms with E-state index in [1.165, 1.54) is 0 Å². The van der Waals surface area contributed by atoms with Crippen molar-refractivity contribution in [3.63, 3.8) is 0 Å². The van der Waals surface area contributed by atoms with Gasteiger partial charge in [-0.3, -0.25) is 14.3 Å². The molecule has 0 saturated heterocycles. The molecule has 1 aromatic carbocycles. The van der Waals surface area contributed by atoms with Crippen LogP contribution in [0.3, 0.4) is 0 Å². The second-order valence-electron chi connectivity index (χ2n) is 4.81. The van der Waals surface area contributed by atoms with Gasteiger partial charge in [-0.2, -0.15) is 5.10 Å². The fraction of sp³-hybridized carbons (Fsp3) is 0.267. The van der Waals surface area contributed by atoms with E-state index < -0.39 is 11.7 Å². The third-order valence-electron chi connectivity index (χ3n) is 3.31. The SMILES string of the molecule is Cc1nn(C)c(C)c1C(=O)C(=O)NCc1ccc(Cl)cc1. The summed E-state index contributed by atoms with van der Waals surface area (Å²) in [6.45, 7) is 3.76. The lowest BCUT2D eigenvalue weighted by molar-refractivity contribution is -0.117. The maximum atomic E-state index is 12.2. The number of halogens is 1. The van der Waals surface area contributed by atoms with Crippen LogP contribution in [0.4, 0.5) is 0 Å². The van der Waals surface area contributed by atoms with Crippen LogP contribution in [0.25, 0.3) is 0 Å². The lowest BCUT2D eigenvalue weighted by Crippen LogP contribution is -2.31. The predicted molar refractivity (Wildman–Crippen MR) is 80.3 cm³/mol. The number of carbonyl (C=O) groups is 2. The number of benzene rings is 1. The molecule has 1 aromatic heterocycles. The van der Waals surface area contributed by atoms with Crippen LogP contribution < -0.4 is 5.32 Å². The van der Waals surface area contributed by atoms with Crippen LogP contribution in [-0.2, 0) is 18.4 Å². The Morgan fingerprint density at radius 3 is 2.38 bits per heavy atom. The van der Waals surface area contributed by atoms with E-state index in [9.17, 15) is 9.59 Å². The topological polar surface area (TPSA) is 64.0 Å². The molecule has 0 fully saturated rings. The van der Waals surface area contributed by atoms with Crippen LogP contribution in [-0.4, -0.2) is 21.5 Å². The molecule has 0 bridgehead atoms. The Hall–Kier alpha value is -2.14. The molecule has 0 aliphatic carbocycles. The van der Waals surface area contributed by atoms with E-state index in [0.717, 1.165) is 5.56 Å². The van der Waals surface area contributed by atoms with Gasteiger partial charge in [-0.25, -0.2) is 0 Å². The van der Waals surface area contributed by atoms with E-state index >= 15 is 0 Å². The van der Waals surface area contributed by atoms with E-state index in [2.05, 4.69) is 10.4 Å². The van der Waals surface area contributed by atoms with Crippen LogP contribution >= 0.6 is 11.6 Å². The summed E-state index contributed by atoms with van der Waals surface area (Å²) in [5.74, 6) is -1.20. The van der Waals surface area contributed by atoms with Gasteiger partial charge in [0.15, 0.2) is 0 Å². The van der Waals surface area contributed by atoms with E-state index in [-0.39, 0.29) is 6.54 Å². The smallest absolute Gasteiger partial charge is 0.292 e. The number of hydrogen-bond acceptors (Lipinski definition) is 3. The number of Topliss-reactive ketones (excluding diaryl/α,β-unsaturated/α-hetero) is 1. The fourth-order valence-corrected chi connectivity index (χ4v) is 2.21. The molecule has 1 heterocycles. The third kappa shape index (κ3) is 3.31. The van der Waals surface area contributed by atoms with Crippen LogP contribution in [0, 0.1) is 13.8 Å². The van der Waals surface area contributed by atoms with Gasteiger partial charge in [0.1, 0.15) is 0 Å². The Bertz CT molecular complexity index is 690. The first-order valence-corrected chi connectivity index (χ1v) is 6.85. The third-order valence-corrected chi connectivity index (χ3v) is 3.56. The van der Waals surface area contributed by atoms with Crippen molar-refractivity contribution in [2.75, 3.05) is 0 Å². The van der Waals surface area contributed by atoms with Gasteiger partial charge in [-0.1, -0.05) is 23.7 Å². The van der Waals surface area contributed by atoms with Crippen LogP contribution in [0.15, 0.2) is 24.3 Å². The number of nitrogens with one attached hydrogen (secondary N) is 1. The normalized spacial score (nSPS) is 10.5. The average molecular weight is 306 g/mol. The number of ketones is 1. The van der Waals surface area contributed by atoms with Crippen LogP contribution in [0.2, 0.25) is 5.02 Å². The molecular weight excluding hydrogens is 290 g/mol. The Morgan fingerprint density at radius 2 is 1.86 bits per heavy atom. The zero-order chi connectivity index (χ0) is 15.6. The fourth-order valence-electron chi connectivity index (χ4n) is 2.08. The Morgan fingerprint density at radius 1 is 1.24 bits per heavy atom. The molecule has 0 atom stereocenters. The highest BCUT2D eigenvalue weighted by Crippen LogP contribution is 2.13. The van der Waals surface area contributed by atoms with Gasteiger partial charge >= 0.3 is 0 Å². The quantitative estimate of drug-likeness (QED) is 0.695. The number of hydrogen-bond donors (Lipinski definition) is 1. The van der Waals surface area contributed by atoms with E-state index in [4.69, 9.17) is 11.6 Å². The maximum Gasteiger partial charge on any atom is 0.292 e. The highest BCUT2D eigenvalue weighted by Gasteiger charge is 2.23. The minimum Gasteiger partial charge on any atom is -0.345 e. The van der Waals surface area contributed by atoms with Gasteiger partial charge in [-0.05, 0) is 31.5 Å². The van der Waals surface area contributed by atoms with E-state index in [0.29, 0.717) is 22.0 Å². The number of carbonyl (C=O) groups excluding carboxylic acids is 2. The Balaban J connectivity index is 2.06. The second-order valence-corrected chi connectivity index (χ2v) is 5.24. The van der Waals surface area contributed by atoms with Crippen molar-refractivity contribution in [3.05, 3.63) is 51.8 Å². The average Bonchev–Trinajstić information content (AvgIpc) is 2.70. The van der Waals surface area contributed by atoms with Gasteiger partial charge in [0.25, 0.3) is 11.7 Å². The zero-order valence-corrected chi connectivity index (χ0v) is 12.9. The molecule has 5 nitrogen and oxygen atoms in total. The molecule has 2 aromatic rings. The second kappa shape index (κ2) is 6.10. The van der Waals surface area contributed by atoms with Crippen LogP contribution in [0.5, 0.6) is 0 Å². The number of nitrogens with zero attached hydrogens (tertiary/aromatic N) is 2. The van der Waals surface area contributed by atoms with Crippen molar-refractivity contribution >= 4 is 23.3 Å². The Labute approximate surface area is 127 Å². The molecule has 1 amide bonds. The lowest BCUT2D eigenvalue weighted by Gasteiger charge is -2.05. The molecule has 2 rings (SSSR count). The van der Waals surface area contributed by atoms with E-state index in [1.54, 1.807) is 49.8 Å². The minimum absolute atomic E-state index is 0.278. The number of aromatic nitrogens is 2. The number of amides is 1. The molecule has 21 heavy (non-hydrogen) atoms. The summed E-state index contributed by atoms with van der Waals surface area (Å²) in [6, 6.07) is 7.07. The Kier molecular flexibility index (Phi) is 4.43. The summed E-state index contributed by atoms with van der Waals surface area (Å²) in [6.07, 6.45) is 0. The zero-order valence-electron chi connectivity index (χ0n) is 12.1. The lowest BCUT2D eigenvalue weighted by atomic mass is 10.1. The summed E-state index contributed by atoms with van der Waals surface area (Å²) >= 11 is 5.79. The van der Waals surface area contributed by atoms with Gasteiger partial charge < -0.3 is 5.32 Å². The largest absolute Gasteiger partial charge is 0.345 e. The number of rotatable bonds is 4. The molecule has 0 aliphatic heterocycles. The molecule has 0 unspecified atom stereocenters. The molecule has 1 N–H and O–H groups in total. The molecule has 0 spiro atoms. The van der Waals surface area contributed by atoms with Crippen LogP contribution in [0.1, 0.15) is 27.3 Å². The molecule has 0 saturated carbocycles. The maximum absolute atomic E-state index is 12.2. The summed E-state index contributed by atoms with van der Waals surface area (Å²) in [5.41, 5.74) is 2.48. The highest BCUT2D eigenvalue weighted by atomic mass is 35.5. The van der Waals surface area contributed by atoms with Crippen molar-refractivity contribution in [1.82, 2.24) is 15.1 Å².